The fourth-order valence-corrected chi connectivity index (χ4v) is 1.51. The van der Waals surface area contributed by atoms with E-state index in [1.54, 1.807) is 13.3 Å². The van der Waals surface area contributed by atoms with E-state index in [0.29, 0.717) is 12.8 Å². The van der Waals surface area contributed by atoms with Gasteiger partial charge in [0, 0.05) is 32.7 Å². The van der Waals surface area contributed by atoms with Gasteiger partial charge in [-0.15, -0.1) is 0 Å². The molecule has 0 amide bonds. The van der Waals surface area contributed by atoms with Gasteiger partial charge in [0.1, 0.15) is 5.78 Å². The Balaban J connectivity index is 2.51. The lowest BCUT2D eigenvalue weighted by Crippen LogP contribution is -2.27. The van der Waals surface area contributed by atoms with Crippen LogP contribution in [0.5, 0.6) is 0 Å². The summed E-state index contributed by atoms with van der Waals surface area (Å²) in [6, 6.07) is 0. The normalized spacial score (nSPS) is 11.8. The summed E-state index contributed by atoms with van der Waals surface area (Å²) in [7, 11) is 1.63. The molecule has 4 nitrogen and oxygen atoms in total. The van der Waals surface area contributed by atoms with Crippen molar-refractivity contribution in [1.82, 2.24) is 9.78 Å². The van der Waals surface area contributed by atoms with E-state index in [0.717, 1.165) is 12.1 Å². The Hall–Kier alpha value is -1.16. The summed E-state index contributed by atoms with van der Waals surface area (Å²) < 4.78 is 7.05. The summed E-state index contributed by atoms with van der Waals surface area (Å²) in [5.74, 6) is 0.183. The predicted molar refractivity (Wildman–Crippen MR) is 62.3 cm³/mol. The largest absolute Gasteiger partial charge is 0.378 e. The lowest BCUT2D eigenvalue weighted by Gasteiger charge is -2.21. The van der Waals surface area contributed by atoms with Crippen molar-refractivity contribution in [3.63, 3.8) is 0 Å². The van der Waals surface area contributed by atoms with Crippen LogP contribution in [0.3, 0.4) is 0 Å². The molecule has 1 heterocycles. The molecule has 0 aliphatic rings. The van der Waals surface area contributed by atoms with Crippen LogP contribution in [-0.2, 0) is 22.5 Å². The summed E-state index contributed by atoms with van der Waals surface area (Å²) in [5, 5.41) is 4.14. The molecule has 0 N–H and O–H groups in total. The van der Waals surface area contributed by atoms with Crippen LogP contribution in [0.25, 0.3) is 0 Å². The van der Waals surface area contributed by atoms with Gasteiger partial charge in [-0.1, -0.05) is 0 Å². The third kappa shape index (κ3) is 3.77. The van der Waals surface area contributed by atoms with Gasteiger partial charge in [0.05, 0.1) is 11.8 Å². The molecule has 0 bridgehead atoms. The smallest absolute Gasteiger partial charge is 0.140 e. The first-order valence-electron chi connectivity index (χ1n) is 5.55. The molecule has 16 heavy (non-hydrogen) atoms. The van der Waals surface area contributed by atoms with Crippen molar-refractivity contribution in [1.29, 1.82) is 0 Å². The van der Waals surface area contributed by atoms with Crippen LogP contribution in [0.2, 0.25) is 0 Å². The summed E-state index contributed by atoms with van der Waals surface area (Å²) in [4.78, 5) is 11.8. The van der Waals surface area contributed by atoms with Gasteiger partial charge in [-0.05, 0) is 26.3 Å². The molecular formula is C12H20N2O2. The van der Waals surface area contributed by atoms with Crippen LogP contribution >= 0.6 is 0 Å². The monoisotopic (exact) mass is 224 g/mol. The molecule has 0 saturated carbocycles. The number of Topliss-reactive ketones (excluding diaryl/α,β-unsaturated/α-hetero) is 1. The zero-order valence-corrected chi connectivity index (χ0v) is 10.5. The predicted octanol–water partition coefficient (Wildman–Crippen LogP) is 1.83. The van der Waals surface area contributed by atoms with Gasteiger partial charge in [0.2, 0.25) is 0 Å². The lowest BCUT2D eigenvalue weighted by molar-refractivity contribution is -0.123. The van der Waals surface area contributed by atoms with Gasteiger partial charge >= 0.3 is 0 Å². The number of nitrogens with zero attached hydrogens (tertiary/aromatic N) is 2. The third-order valence-corrected chi connectivity index (χ3v) is 2.59. The first kappa shape index (κ1) is 12.9. The number of ketones is 1. The highest BCUT2D eigenvalue weighted by molar-refractivity contribution is 5.81. The van der Waals surface area contributed by atoms with Crippen molar-refractivity contribution in [2.24, 2.45) is 0 Å². The summed E-state index contributed by atoms with van der Waals surface area (Å²) in [6.45, 7) is 6.69. The first-order chi connectivity index (χ1) is 7.46. The van der Waals surface area contributed by atoms with E-state index in [-0.39, 0.29) is 11.4 Å². The number of hydrogen-bond donors (Lipinski definition) is 0. The Morgan fingerprint density at radius 1 is 1.56 bits per heavy atom. The molecule has 0 aromatic carbocycles. The van der Waals surface area contributed by atoms with E-state index in [4.69, 9.17) is 4.74 Å². The molecule has 0 radical (unpaired) electrons. The zero-order valence-electron chi connectivity index (χ0n) is 10.5. The minimum atomic E-state index is -0.377. The molecule has 0 unspecified atom stereocenters. The Morgan fingerprint density at radius 3 is 2.75 bits per heavy atom. The van der Waals surface area contributed by atoms with Crippen LogP contribution in [0.15, 0.2) is 12.4 Å². The van der Waals surface area contributed by atoms with Crippen LogP contribution in [-0.4, -0.2) is 28.3 Å². The summed E-state index contributed by atoms with van der Waals surface area (Å²) >= 11 is 0. The molecular weight excluding hydrogens is 204 g/mol. The van der Waals surface area contributed by atoms with E-state index in [1.807, 2.05) is 31.6 Å². The molecule has 0 fully saturated rings. The van der Waals surface area contributed by atoms with E-state index in [2.05, 4.69) is 5.10 Å². The average Bonchev–Trinajstić information content (AvgIpc) is 2.64. The molecule has 90 valence electrons. The summed E-state index contributed by atoms with van der Waals surface area (Å²) in [5.41, 5.74) is 0.594. The van der Waals surface area contributed by atoms with Gasteiger partial charge in [0.25, 0.3) is 0 Å². The summed E-state index contributed by atoms with van der Waals surface area (Å²) in [6.07, 6.45) is 4.53. The lowest BCUT2D eigenvalue weighted by atomic mass is 9.98. The Morgan fingerprint density at radius 2 is 2.25 bits per heavy atom. The zero-order chi connectivity index (χ0) is 12.2. The van der Waals surface area contributed by atoms with E-state index in [1.165, 1.54) is 0 Å². The minimum Gasteiger partial charge on any atom is -0.378 e. The molecule has 4 heteroatoms. The maximum atomic E-state index is 11.8. The molecule has 0 atom stereocenters. The number of ether oxygens (including phenoxy) is 1. The number of rotatable bonds is 6. The second-order valence-corrected chi connectivity index (χ2v) is 4.56. The second-order valence-electron chi connectivity index (χ2n) is 4.56. The number of carbonyl (C=O) groups is 1. The topological polar surface area (TPSA) is 44.1 Å². The number of carbonyl (C=O) groups excluding carboxylic acids is 1. The van der Waals surface area contributed by atoms with Gasteiger partial charge in [-0.25, -0.2) is 0 Å². The van der Waals surface area contributed by atoms with Crippen molar-refractivity contribution in [3.05, 3.63) is 18.0 Å². The molecule has 1 aromatic heterocycles. The van der Waals surface area contributed by atoms with Gasteiger partial charge in [0.15, 0.2) is 0 Å². The van der Waals surface area contributed by atoms with Crippen LogP contribution in [0.4, 0.5) is 0 Å². The minimum absolute atomic E-state index is 0.183. The number of aromatic nitrogens is 2. The number of aryl methyl sites for hydroxylation is 1. The molecule has 1 rings (SSSR count). The molecule has 0 spiro atoms. The van der Waals surface area contributed by atoms with Crippen LogP contribution in [0.1, 0.15) is 32.8 Å². The van der Waals surface area contributed by atoms with Crippen LogP contribution in [0, 0.1) is 0 Å². The molecule has 0 saturated heterocycles. The average molecular weight is 224 g/mol. The van der Waals surface area contributed by atoms with Crippen molar-refractivity contribution < 1.29 is 9.53 Å². The van der Waals surface area contributed by atoms with Crippen molar-refractivity contribution >= 4 is 5.78 Å². The Kier molecular flexibility index (Phi) is 4.24. The van der Waals surface area contributed by atoms with Crippen molar-refractivity contribution in [2.75, 3.05) is 7.11 Å². The fourth-order valence-electron chi connectivity index (χ4n) is 1.51. The first-order valence-corrected chi connectivity index (χ1v) is 5.55. The molecule has 0 aliphatic heterocycles. The van der Waals surface area contributed by atoms with E-state index < -0.39 is 0 Å². The highest BCUT2D eigenvalue weighted by Gasteiger charge is 2.21. The van der Waals surface area contributed by atoms with E-state index >= 15 is 0 Å². The quantitative estimate of drug-likeness (QED) is 0.740. The SMILES string of the molecule is CCn1cc(CC(=O)CC(C)(C)OC)cn1. The maximum absolute atomic E-state index is 11.8. The maximum Gasteiger partial charge on any atom is 0.140 e. The highest BCUT2D eigenvalue weighted by Crippen LogP contribution is 2.15. The fraction of sp³-hybridized carbons (Fsp3) is 0.667. The standard InChI is InChI=1S/C12H20N2O2/c1-5-14-9-10(8-13-14)6-11(15)7-12(2,3)16-4/h8-9H,5-7H2,1-4H3. The van der Waals surface area contributed by atoms with Crippen LogP contribution < -0.4 is 0 Å². The third-order valence-electron chi connectivity index (χ3n) is 2.59. The Bertz CT molecular complexity index is 356. The van der Waals surface area contributed by atoms with Gasteiger partial charge in [-0.3, -0.25) is 9.48 Å². The van der Waals surface area contributed by atoms with Gasteiger partial charge in [-0.2, -0.15) is 5.10 Å². The second kappa shape index (κ2) is 5.25. The molecule has 1 aromatic rings. The highest BCUT2D eigenvalue weighted by atomic mass is 16.5. The van der Waals surface area contributed by atoms with Gasteiger partial charge < -0.3 is 4.74 Å². The number of hydrogen-bond acceptors (Lipinski definition) is 3. The Labute approximate surface area is 96.6 Å². The number of methoxy groups -OCH3 is 1. The van der Waals surface area contributed by atoms with Crippen molar-refractivity contribution in [2.45, 2.75) is 45.8 Å². The molecule has 0 aliphatic carbocycles. The van der Waals surface area contributed by atoms with Crippen molar-refractivity contribution in [3.8, 4) is 0 Å². The van der Waals surface area contributed by atoms with E-state index in [9.17, 15) is 4.79 Å².